The molecule has 10 heteroatoms. The highest BCUT2D eigenvalue weighted by Crippen LogP contribution is 2.12. The van der Waals surface area contributed by atoms with Gasteiger partial charge in [0.1, 0.15) is 23.9 Å². The maximum atomic E-state index is 12.7. The number of hydrogen-bond donors (Lipinski definition) is 6. The van der Waals surface area contributed by atoms with Crippen molar-refractivity contribution in [2.75, 3.05) is 0 Å². The number of amides is 3. The predicted molar refractivity (Wildman–Crippen MR) is 114 cm³/mol. The van der Waals surface area contributed by atoms with Gasteiger partial charge in [-0.3, -0.25) is 14.4 Å². The molecule has 1 aromatic carbocycles. The van der Waals surface area contributed by atoms with Gasteiger partial charge >= 0.3 is 5.97 Å². The van der Waals surface area contributed by atoms with Crippen LogP contribution in [0.15, 0.2) is 24.3 Å². The van der Waals surface area contributed by atoms with Crippen LogP contribution in [0.25, 0.3) is 0 Å². The highest BCUT2D eigenvalue weighted by atomic mass is 16.4. The lowest BCUT2D eigenvalue weighted by Crippen LogP contribution is -2.57. The van der Waals surface area contributed by atoms with E-state index in [0.29, 0.717) is 12.0 Å². The van der Waals surface area contributed by atoms with E-state index in [1.807, 2.05) is 6.92 Å². The lowest BCUT2D eigenvalue weighted by atomic mass is 9.97. The average Bonchev–Trinajstić information content (AvgIpc) is 2.71. The Morgan fingerprint density at radius 2 is 1.52 bits per heavy atom. The molecule has 7 N–H and O–H groups in total. The summed E-state index contributed by atoms with van der Waals surface area (Å²) >= 11 is 0. The minimum Gasteiger partial charge on any atom is -0.508 e. The number of nitrogens with two attached hydrogens (primary N) is 1. The second kappa shape index (κ2) is 11.9. The zero-order valence-electron chi connectivity index (χ0n) is 18.2. The molecular formula is C21H32N4O6. The molecule has 1 rings (SSSR count). The van der Waals surface area contributed by atoms with Gasteiger partial charge in [0, 0.05) is 6.42 Å². The quantitative estimate of drug-likeness (QED) is 0.281. The summed E-state index contributed by atoms with van der Waals surface area (Å²) in [6.45, 7) is 6.57. The van der Waals surface area contributed by atoms with E-state index in [1.165, 1.54) is 26.0 Å². The Morgan fingerprint density at radius 3 is 2.00 bits per heavy atom. The van der Waals surface area contributed by atoms with Crippen LogP contribution >= 0.6 is 0 Å². The molecule has 0 aliphatic carbocycles. The van der Waals surface area contributed by atoms with Gasteiger partial charge in [-0.25, -0.2) is 4.79 Å². The summed E-state index contributed by atoms with van der Waals surface area (Å²) in [6, 6.07) is 2.02. The number of carboxylic acid groups (broad SMARTS) is 1. The molecule has 0 aromatic heterocycles. The highest BCUT2D eigenvalue weighted by molar-refractivity contribution is 5.94. The lowest BCUT2D eigenvalue weighted by molar-refractivity contribution is -0.142. The van der Waals surface area contributed by atoms with Crippen LogP contribution in [0.2, 0.25) is 0 Å². The molecule has 31 heavy (non-hydrogen) atoms. The van der Waals surface area contributed by atoms with Crippen molar-refractivity contribution in [1.82, 2.24) is 16.0 Å². The SMILES string of the molecule is CC[C@H](C)[C@H](NC(=O)[C@H](C)N)C(=O)N[C@@H](C)C(=O)N[C@@H](Cc1ccc(O)cc1)C(=O)O. The van der Waals surface area contributed by atoms with Crippen molar-refractivity contribution in [3.05, 3.63) is 29.8 Å². The standard InChI is InChI=1S/C21H32N4O6/c1-5-11(2)17(25-18(27)12(3)22)20(29)23-13(4)19(28)24-16(21(30)31)10-14-6-8-15(26)9-7-14/h6-9,11-13,16-17,26H,5,10,22H2,1-4H3,(H,23,29)(H,24,28)(H,25,27)(H,30,31)/t11-,12-,13-,16-,17-/m0/s1. The van der Waals surface area contributed by atoms with Crippen molar-refractivity contribution >= 4 is 23.7 Å². The number of aromatic hydroxyl groups is 1. The molecule has 0 fully saturated rings. The Labute approximate surface area is 181 Å². The molecule has 0 bridgehead atoms. The van der Waals surface area contributed by atoms with Crippen LogP contribution in [0.4, 0.5) is 0 Å². The molecule has 0 unspecified atom stereocenters. The molecule has 10 nitrogen and oxygen atoms in total. The van der Waals surface area contributed by atoms with Gasteiger partial charge in [-0.1, -0.05) is 32.4 Å². The topological polar surface area (TPSA) is 171 Å². The van der Waals surface area contributed by atoms with E-state index in [2.05, 4.69) is 16.0 Å². The van der Waals surface area contributed by atoms with E-state index in [0.717, 1.165) is 0 Å². The fourth-order valence-electron chi connectivity index (χ4n) is 2.72. The minimum absolute atomic E-state index is 0.00194. The first-order valence-corrected chi connectivity index (χ1v) is 10.1. The number of hydrogen-bond acceptors (Lipinski definition) is 6. The fourth-order valence-corrected chi connectivity index (χ4v) is 2.72. The number of carboxylic acids is 1. The molecule has 0 heterocycles. The van der Waals surface area contributed by atoms with Crippen LogP contribution in [-0.4, -0.2) is 58.1 Å². The molecule has 0 radical (unpaired) electrons. The number of carbonyl (C=O) groups excluding carboxylic acids is 3. The van der Waals surface area contributed by atoms with Crippen LogP contribution in [-0.2, 0) is 25.6 Å². The van der Waals surface area contributed by atoms with Crippen molar-refractivity contribution in [1.29, 1.82) is 0 Å². The molecular weight excluding hydrogens is 404 g/mol. The maximum absolute atomic E-state index is 12.7. The Hall–Kier alpha value is -3.14. The van der Waals surface area contributed by atoms with Crippen molar-refractivity contribution < 1.29 is 29.4 Å². The van der Waals surface area contributed by atoms with Gasteiger partial charge in [0.2, 0.25) is 17.7 Å². The van der Waals surface area contributed by atoms with Gasteiger partial charge in [-0.05, 0) is 37.5 Å². The van der Waals surface area contributed by atoms with Crippen molar-refractivity contribution in [3.63, 3.8) is 0 Å². The monoisotopic (exact) mass is 436 g/mol. The van der Waals surface area contributed by atoms with Gasteiger partial charge in [-0.2, -0.15) is 0 Å². The molecule has 0 spiro atoms. The van der Waals surface area contributed by atoms with E-state index >= 15 is 0 Å². The van der Waals surface area contributed by atoms with Crippen molar-refractivity contribution in [2.24, 2.45) is 11.7 Å². The molecule has 0 saturated carbocycles. The minimum atomic E-state index is -1.23. The van der Waals surface area contributed by atoms with Gasteiger partial charge in [0.05, 0.1) is 6.04 Å². The van der Waals surface area contributed by atoms with Gasteiger partial charge < -0.3 is 31.9 Å². The third-order valence-electron chi connectivity index (χ3n) is 4.95. The first-order chi connectivity index (χ1) is 14.5. The number of nitrogens with one attached hydrogen (secondary N) is 3. The van der Waals surface area contributed by atoms with E-state index < -0.39 is 47.9 Å². The predicted octanol–water partition coefficient (Wildman–Crippen LogP) is -0.113. The maximum Gasteiger partial charge on any atom is 0.326 e. The second-order valence-corrected chi connectivity index (χ2v) is 7.66. The Morgan fingerprint density at radius 1 is 0.935 bits per heavy atom. The Bertz CT molecular complexity index is 781. The zero-order chi connectivity index (χ0) is 23.7. The first kappa shape index (κ1) is 25.9. The zero-order valence-corrected chi connectivity index (χ0v) is 18.2. The Balaban J connectivity index is 2.79. The summed E-state index contributed by atoms with van der Waals surface area (Å²) in [5.74, 6) is -3.13. The highest BCUT2D eigenvalue weighted by Gasteiger charge is 2.30. The molecule has 3 amide bonds. The third kappa shape index (κ3) is 8.25. The number of rotatable bonds is 11. The first-order valence-electron chi connectivity index (χ1n) is 10.1. The average molecular weight is 437 g/mol. The largest absolute Gasteiger partial charge is 0.508 e. The fraction of sp³-hybridized carbons (Fsp3) is 0.524. The molecule has 1 aromatic rings. The van der Waals surface area contributed by atoms with E-state index in [1.54, 1.807) is 19.1 Å². The smallest absolute Gasteiger partial charge is 0.326 e. The molecule has 0 aliphatic heterocycles. The van der Waals surface area contributed by atoms with E-state index in [9.17, 15) is 29.4 Å². The summed E-state index contributed by atoms with van der Waals surface area (Å²) in [4.78, 5) is 48.7. The lowest BCUT2D eigenvalue weighted by Gasteiger charge is -2.26. The summed E-state index contributed by atoms with van der Waals surface area (Å²) < 4.78 is 0. The summed E-state index contributed by atoms with van der Waals surface area (Å²) in [6.07, 6.45) is 0.605. The van der Waals surface area contributed by atoms with Gasteiger partial charge in [-0.15, -0.1) is 0 Å². The van der Waals surface area contributed by atoms with Crippen molar-refractivity contribution in [2.45, 2.75) is 64.7 Å². The van der Waals surface area contributed by atoms with Crippen molar-refractivity contribution in [3.8, 4) is 5.75 Å². The Kier molecular flexibility index (Phi) is 9.94. The number of phenols is 1. The number of phenolic OH excluding ortho intramolecular Hbond substituents is 1. The van der Waals surface area contributed by atoms with E-state index in [4.69, 9.17) is 5.73 Å². The number of aliphatic carboxylic acids is 1. The molecule has 0 aliphatic rings. The number of benzene rings is 1. The van der Waals surface area contributed by atoms with Crippen LogP contribution in [0, 0.1) is 5.92 Å². The normalized spacial score (nSPS) is 15.6. The molecule has 0 saturated heterocycles. The molecule has 5 atom stereocenters. The van der Waals surface area contributed by atoms with Crippen LogP contribution in [0.5, 0.6) is 5.75 Å². The summed E-state index contributed by atoms with van der Waals surface area (Å²) in [7, 11) is 0. The second-order valence-electron chi connectivity index (χ2n) is 7.66. The van der Waals surface area contributed by atoms with Crippen LogP contribution in [0.1, 0.15) is 39.7 Å². The van der Waals surface area contributed by atoms with Gasteiger partial charge in [0.15, 0.2) is 0 Å². The van der Waals surface area contributed by atoms with E-state index in [-0.39, 0.29) is 18.1 Å². The summed E-state index contributed by atoms with van der Waals surface area (Å²) in [5.41, 5.74) is 6.16. The molecule has 172 valence electrons. The van der Waals surface area contributed by atoms with Gasteiger partial charge in [0.25, 0.3) is 0 Å². The number of carbonyl (C=O) groups is 4. The summed E-state index contributed by atoms with van der Waals surface area (Å²) in [5, 5.41) is 26.3. The van der Waals surface area contributed by atoms with Crippen LogP contribution in [0.3, 0.4) is 0 Å². The van der Waals surface area contributed by atoms with Crippen LogP contribution < -0.4 is 21.7 Å². The third-order valence-corrected chi connectivity index (χ3v) is 4.95.